The molecule has 1 atom stereocenters. The summed E-state index contributed by atoms with van der Waals surface area (Å²) in [5.41, 5.74) is 2.66. The minimum Gasteiger partial charge on any atom is -0.508 e. The lowest BCUT2D eigenvalue weighted by Gasteiger charge is -2.33. The van der Waals surface area contributed by atoms with Crippen molar-refractivity contribution in [1.29, 1.82) is 0 Å². The predicted octanol–water partition coefficient (Wildman–Crippen LogP) is 7.00. The van der Waals surface area contributed by atoms with Crippen molar-refractivity contribution >= 4 is 17.0 Å². The van der Waals surface area contributed by atoms with Gasteiger partial charge in [0.1, 0.15) is 45.3 Å². The number of phenolic OH excluding ortho intramolecular Hbond substituents is 3. The van der Waals surface area contributed by atoms with E-state index in [9.17, 15) is 20.1 Å². The lowest BCUT2D eigenvalue weighted by Crippen LogP contribution is -2.32. The summed E-state index contributed by atoms with van der Waals surface area (Å²) in [6, 6.07) is 5.64. The van der Waals surface area contributed by atoms with Crippen molar-refractivity contribution in [3.8, 4) is 34.3 Å². The lowest BCUT2D eigenvalue weighted by molar-refractivity contribution is 0.129. The average Bonchev–Trinajstić information content (AvgIpc) is 2.77. The maximum atomic E-state index is 13.6. The minimum atomic E-state index is -0.630. The maximum Gasteiger partial charge on any atom is 0.200 e. The van der Waals surface area contributed by atoms with Crippen molar-refractivity contribution in [2.75, 3.05) is 0 Å². The normalized spacial score (nSPS) is 16.4. The van der Waals surface area contributed by atoms with Crippen molar-refractivity contribution in [2.45, 2.75) is 59.5 Å². The summed E-state index contributed by atoms with van der Waals surface area (Å²) < 4.78 is 12.7. The zero-order valence-electron chi connectivity index (χ0n) is 21.3. The topological polar surface area (TPSA) is 100 Å². The number of phenols is 3. The van der Waals surface area contributed by atoms with E-state index >= 15 is 0 Å². The molecule has 0 bridgehead atoms. The molecule has 6 nitrogen and oxygen atoms in total. The number of rotatable bonds is 6. The van der Waals surface area contributed by atoms with E-state index in [0.29, 0.717) is 22.4 Å². The monoisotopic (exact) mass is 488 g/mol. The van der Waals surface area contributed by atoms with Crippen LogP contribution in [-0.4, -0.2) is 20.9 Å². The van der Waals surface area contributed by atoms with Crippen LogP contribution in [0, 0.1) is 0 Å². The fraction of sp³-hybridized carbons (Fsp3) is 0.300. The molecule has 1 aromatic heterocycles. The molecule has 0 spiro atoms. The van der Waals surface area contributed by atoms with E-state index in [2.05, 4.69) is 19.9 Å². The zero-order chi connectivity index (χ0) is 26.2. The van der Waals surface area contributed by atoms with Gasteiger partial charge in [-0.25, -0.2) is 0 Å². The Bertz CT molecular complexity index is 1480. The molecular formula is C30H32O6. The molecule has 1 unspecified atom stereocenters. The third kappa shape index (κ3) is 4.89. The molecule has 0 radical (unpaired) electrons. The quantitative estimate of drug-likeness (QED) is 0.323. The Hall–Kier alpha value is -3.93. The van der Waals surface area contributed by atoms with E-state index in [-0.39, 0.29) is 45.8 Å². The third-order valence-electron chi connectivity index (χ3n) is 6.32. The Labute approximate surface area is 210 Å². The first-order valence-corrected chi connectivity index (χ1v) is 12.0. The van der Waals surface area contributed by atoms with E-state index < -0.39 is 5.60 Å². The number of hydrogen-bond acceptors (Lipinski definition) is 6. The van der Waals surface area contributed by atoms with Crippen molar-refractivity contribution < 1.29 is 24.5 Å². The van der Waals surface area contributed by atoms with Crippen LogP contribution >= 0.6 is 0 Å². The number of allylic oxidation sites excluding steroid dienone is 4. The smallest absolute Gasteiger partial charge is 0.200 e. The fourth-order valence-corrected chi connectivity index (χ4v) is 4.38. The molecule has 0 fully saturated rings. The molecule has 0 amide bonds. The molecule has 4 rings (SSSR count). The predicted molar refractivity (Wildman–Crippen MR) is 143 cm³/mol. The van der Waals surface area contributed by atoms with Crippen LogP contribution in [0.1, 0.15) is 58.6 Å². The Morgan fingerprint density at radius 3 is 2.42 bits per heavy atom. The lowest BCUT2D eigenvalue weighted by atomic mass is 9.92. The zero-order valence-corrected chi connectivity index (χ0v) is 21.3. The second-order valence-corrected chi connectivity index (χ2v) is 10.0. The summed E-state index contributed by atoms with van der Waals surface area (Å²) in [4.78, 5) is 13.6. The highest BCUT2D eigenvalue weighted by Gasteiger charge is 2.32. The number of fused-ring (bicyclic) bond motifs is 2. The van der Waals surface area contributed by atoms with Gasteiger partial charge in [0.15, 0.2) is 0 Å². The summed E-state index contributed by atoms with van der Waals surface area (Å²) in [5.74, 6) is 0.184. The van der Waals surface area contributed by atoms with Crippen molar-refractivity contribution in [1.82, 2.24) is 0 Å². The molecule has 0 saturated carbocycles. The highest BCUT2D eigenvalue weighted by atomic mass is 16.5. The summed E-state index contributed by atoms with van der Waals surface area (Å²) in [6.45, 7) is 9.96. The molecule has 188 valence electrons. The molecule has 2 heterocycles. The van der Waals surface area contributed by atoms with Crippen molar-refractivity contribution in [2.24, 2.45) is 0 Å². The van der Waals surface area contributed by atoms with Gasteiger partial charge >= 0.3 is 0 Å². The van der Waals surface area contributed by atoms with E-state index in [1.165, 1.54) is 11.6 Å². The van der Waals surface area contributed by atoms with Crippen LogP contribution in [-0.2, 0) is 6.42 Å². The van der Waals surface area contributed by atoms with Crippen LogP contribution in [0.2, 0.25) is 0 Å². The first kappa shape index (κ1) is 25.2. The molecule has 0 saturated heterocycles. The first-order valence-electron chi connectivity index (χ1n) is 12.0. The highest BCUT2D eigenvalue weighted by molar-refractivity contribution is 5.89. The van der Waals surface area contributed by atoms with Crippen molar-refractivity contribution in [3.63, 3.8) is 0 Å². The van der Waals surface area contributed by atoms with Crippen LogP contribution in [0.15, 0.2) is 62.9 Å². The van der Waals surface area contributed by atoms with Gasteiger partial charge in [0.05, 0.1) is 11.1 Å². The van der Waals surface area contributed by atoms with E-state index in [1.807, 2.05) is 39.0 Å². The summed E-state index contributed by atoms with van der Waals surface area (Å²) in [5, 5.41) is 31.0. The number of ether oxygens (including phenoxy) is 1. The van der Waals surface area contributed by atoms with Gasteiger partial charge in [-0.15, -0.1) is 0 Å². The molecule has 3 N–H and O–H groups in total. The minimum absolute atomic E-state index is 0.00808. The number of aromatic hydroxyl groups is 3. The standard InChI is InChI=1S/C30H32O6/c1-17(2)7-6-13-30(5)14-12-20-23(32)11-10-22(29(20)36-30)28-21(9-8-18(3)4)27(34)26-24(33)15-19(31)16-25(26)35-28/h7-8,10-12,14-16,31-33H,6,9,13H2,1-5H3. The molecule has 36 heavy (non-hydrogen) atoms. The maximum absolute atomic E-state index is 13.6. The summed E-state index contributed by atoms with van der Waals surface area (Å²) in [6.07, 6.45) is 9.66. The second kappa shape index (κ2) is 9.61. The average molecular weight is 489 g/mol. The summed E-state index contributed by atoms with van der Waals surface area (Å²) >= 11 is 0. The summed E-state index contributed by atoms with van der Waals surface area (Å²) in [7, 11) is 0. The Morgan fingerprint density at radius 2 is 1.72 bits per heavy atom. The van der Waals surface area contributed by atoms with Crippen LogP contribution < -0.4 is 10.2 Å². The Kier molecular flexibility index (Phi) is 6.72. The van der Waals surface area contributed by atoms with Gasteiger partial charge in [-0.2, -0.15) is 0 Å². The second-order valence-electron chi connectivity index (χ2n) is 10.0. The van der Waals surface area contributed by atoms with Crippen LogP contribution in [0.5, 0.6) is 23.0 Å². The first-order chi connectivity index (χ1) is 17.0. The van der Waals surface area contributed by atoms with Gasteiger partial charge in [0, 0.05) is 17.7 Å². The SMILES string of the molecule is CC(C)=CCCC1(C)C=Cc2c(O)ccc(-c3oc4cc(O)cc(O)c4c(=O)c3CC=C(C)C)c2O1. The van der Waals surface area contributed by atoms with Crippen LogP contribution in [0.4, 0.5) is 0 Å². The molecular weight excluding hydrogens is 456 g/mol. The van der Waals surface area contributed by atoms with Gasteiger partial charge in [0.25, 0.3) is 0 Å². The van der Waals surface area contributed by atoms with Gasteiger partial charge in [-0.05, 0) is 78.2 Å². The fourth-order valence-electron chi connectivity index (χ4n) is 4.38. The van der Waals surface area contributed by atoms with Crippen LogP contribution in [0.25, 0.3) is 28.4 Å². The largest absolute Gasteiger partial charge is 0.508 e. The number of hydrogen-bond donors (Lipinski definition) is 3. The highest BCUT2D eigenvalue weighted by Crippen LogP contribution is 2.46. The third-order valence-corrected chi connectivity index (χ3v) is 6.32. The van der Waals surface area contributed by atoms with Gasteiger partial charge in [0.2, 0.25) is 5.43 Å². The Balaban J connectivity index is 1.95. The number of benzene rings is 2. The van der Waals surface area contributed by atoms with Gasteiger partial charge in [-0.3, -0.25) is 4.79 Å². The molecule has 1 aliphatic heterocycles. The van der Waals surface area contributed by atoms with E-state index in [4.69, 9.17) is 9.15 Å². The van der Waals surface area contributed by atoms with E-state index in [1.54, 1.807) is 12.1 Å². The van der Waals surface area contributed by atoms with E-state index in [0.717, 1.165) is 24.5 Å². The molecule has 1 aliphatic rings. The Morgan fingerprint density at radius 1 is 1.00 bits per heavy atom. The molecule has 0 aliphatic carbocycles. The molecule has 3 aromatic rings. The molecule has 2 aromatic carbocycles. The van der Waals surface area contributed by atoms with Gasteiger partial charge in [-0.1, -0.05) is 23.3 Å². The van der Waals surface area contributed by atoms with Crippen molar-refractivity contribution in [3.05, 3.63) is 75.0 Å². The van der Waals surface area contributed by atoms with Crippen LogP contribution in [0.3, 0.4) is 0 Å². The molecule has 6 heteroatoms. The van der Waals surface area contributed by atoms with Gasteiger partial charge < -0.3 is 24.5 Å².